The Labute approximate surface area is 111 Å². The van der Waals surface area contributed by atoms with Crippen LogP contribution in [-0.4, -0.2) is 21.8 Å². The second-order valence-corrected chi connectivity index (χ2v) is 4.82. The third kappa shape index (κ3) is 3.53. The van der Waals surface area contributed by atoms with E-state index >= 15 is 0 Å². The molecule has 0 aliphatic carbocycles. The minimum Gasteiger partial charge on any atom is -0.346 e. The fourth-order valence-corrected chi connectivity index (χ4v) is 2.50. The highest BCUT2D eigenvalue weighted by atomic mass is 79.9. The van der Waals surface area contributed by atoms with E-state index < -0.39 is 0 Å². The molecule has 3 nitrogen and oxygen atoms in total. The SMILES string of the molecule is CCC(CC)(CBr)NC(=O)c1ccc(C)nc1. The lowest BCUT2D eigenvalue weighted by molar-refractivity contribution is 0.0903. The Kier molecular flexibility index (Phi) is 5.12. The summed E-state index contributed by atoms with van der Waals surface area (Å²) in [6.07, 6.45) is 3.43. The van der Waals surface area contributed by atoms with Crippen molar-refractivity contribution in [1.82, 2.24) is 10.3 Å². The number of hydrogen-bond acceptors (Lipinski definition) is 2. The molecule has 0 aromatic carbocycles. The second kappa shape index (κ2) is 6.15. The fraction of sp³-hybridized carbons (Fsp3) is 0.538. The van der Waals surface area contributed by atoms with Crippen LogP contribution in [0, 0.1) is 6.92 Å². The van der Waals surface area contributed by atoms with Gasteiger partial charge in [-0.05, 0) is 31.9 Å². The summed E-state index contributed by atoms with van der Waals surface area (Å²) in [5.41, 5.74) is 1.37. The Hall–Kier alpha value is -0.900. The fourth-order valence-electron chi connectivity index (χ4n) is 1.56. The van der Waals surface area contributed by atoms with E-state index in [1.54, 1.807) is 6.20 Å². The van der Waals surface area contributed by atoms with Crippen molar-refractivity contribution in [2.24, 2.45) is 0 Å². The number of nitrogens with zero attached hydrogens (tertiary/aromatic N) is 1. The lowest BCUT2D eigenvalue weighted by atomic mass is 9.95. The third-order valence-electron chi connectivity index (χ3n) is 3.16. The number of halogens is 1. The zero-order valence-electron chi connectivity index (χ0n) is 10.6. The molecule has 1 amide bonds. The van der Waals surface area contributed by atoms with Crippen LogP contribution in [0.4, 0.5) is 0 Å². The second-order valence-electron chi connectivity index (χ2n) is 4.26. The molecule has 0 spiro atoms. The number of hydrogen-bond donors (Lipinski definition) is 1. The van der Waals surface area contributed by atoms with E-state index in [-0.39, 0.29) is 11.4 Å². The van der Waals surface area contributed by atoms with Crippen molar-refractivity contribution in [3.8, 4) is 0 Å². The van der Waals surface area contributed by atoms with Gasteiger partial charge in [-0.3, -0.25) is 9.78 Å². The van der Waals surface area contributed by atoms with Crippen LogP contribution in [0.15, 0.2) is 18.3 Å². The van der Waals surface area contributed by atoms with Gasteiger partial charge in [0.2, 0.25) is 0 Å². The molecule has 0 saturated carbocycles. The van der Waals surface area contributed by atoms with Gasteiger partial charge in [0.25, 0.3) is 5.91 Å². The van der Waals surface area contributed by atoms with Crippen molar-refractivity contribution in [3.05, 3.63) is 29.6 Å². The monoisotopic (exact) mass is 298 g/mol. The number of rotatable bonds is 5. The van der Waals surface area contributed by atoms with Crippen molar-refractivity contribution in [2.45, 2.75) is 39.2 Å². The highest BCUT2D eigenvalue weighted by molar-refractivity contribution is 9.09. The summed E-state index contributed by atoms with van der Waals surface area (Å²) >= 11 is 3.48. The molecule has 1 heterocycles. The Morgan fingerprint density at radius 1 is 1.41 bits per heavy atom. The summed E-state index contributed by atoms with van der Waals surface area (Å²) in [4.78, 5) is 16.2. The molecule has 1 aromatic rings. The van der Waals surface area contributed by atoms with Gasteiger partial charge in [0.1, 0.15) is 0 Å². The van der Waals surface area contributed by atoms with Crippen molar-refractivity contribution >= 4 is 21.8 Å². The van der Waals surface area contributed by atoms with Gasteiger partial charge in [0, 0.05) is 22.8 Å². The van der Waals surface area contributed by atoms with Gasteiger partial charge >= 0.3 is 0 Å². The molecule has 1 rings (SSSR count). The normalized spacial score (nSPS) is 11.3. The Morgan fingerprint density at radius 3 is 2.47 bits per heavy atom. The third-order valence-corrected chi connectivity index (χ3v) is 4.23. The quantitative estimate of drug-likeness (QED) is 0.849. The largest absolute Gasteiger partial charge is 0.346 e. The van der Waals surface area contributed by atoms with E-state index in [1.165, 1.54) is 0 Å². The number of carbonyl (C=O) groups is 1. The van der Waals surface area contributed by atoms with E-state index in [4.69, 9.17) is 0 Å². The van der Waals surface area contributed by atoms with Gasteiger partial charge in [0.05, 0.1) is 5.56 Å². The van der Waals surface area contributed by atoms with E-state index in [0.29, 0.717) is 5.56 Å². The molecule has 0 unspecified atom stereocenters. The van der Waals surface area contributed by atoms with Gasteiger partial charge in [-0.1, -0.05) is 29.8 Å². The number of pyridine rings is 1. The molecule has 0 saturated heterocycles. The maximum absolute atomic E-state index is 12.1. The number of carbonyl (C=O) groups excluding carboxylic acids is 1. The standard InChI is InChI=1S/C13H19BrN2O/c1-4-13(5-2,9-14)16-12(17)11-7-6-10(3)15-8-11/h6-8H,4-5,9H2,1-3H3,(H,16,17). The highest BCUT2D eigenvalue weighted by Crippen LogP contribution is 2.18. The van der Waals surface area contributed by atoms with Crippen molar-refractivity contribution in [3.63, 3.8) is 0 Å². The van der Waals surface area contributed by atoms with Gasteiger partial charge < -0.3 is 5.32 Å². The molecular formula is C13H19BrN2O. The number of alkyl halides is 1. The van der Waals surface area contributed by atoms with Crippen LogP contribution in [0.2, 0.25) is 0 Å². The first-order valence-corrected chi connectivity index (χ1v) is 7.00. The first-order chi connectivity index (χ1) is 8.06. The predicted octanol–water partition coefficient (Wildman–Crippen LogP) is 3.07. The zero-order chi connectivity index (χ0) is 12.9. The molecule has 1 N–H and O–H groups in total. The van der Waals surface area contributed by atoms with Gasteiger partial charge in [-0.25, -0.2) is 0 Å². The number of nitrogens with one attached hydrogen (secondary N) is 1. The molecule has 94 valence electrons. The lowest BCUT2D eigenvalue weighted by Gasteiger charge is -2.30. The van der Waals surface area contributed by atoms with Crippen LogP contribution in [0.25, 0.3) is 0 Å². The van der Waals surface area contributed by atoms with Crippen LogP contribution < -0.4 is 5.32 Å². The maximum atomic E-state index is 12.1. The molecule has 0 aliphatic rings. The molecular weight excluding hydrogens is 280 g/mol. The van der Waals surface area contributed by atoms with Crippen LogP contribution >= 0.6 is 15.9 Å². The minimum absolute atomic E-state index is 0.0550. The average molecular weight is 299 g/mol. The minimum atomic E-state index is -0.165. The number of aromatic nitrogens is 1. The van der Waals surface area contributed by atoms with Crippen LogP contribution in [-0.2, 0) is 0 Å². The molecule has 0 radical (unpaired) electrons. The molecule has 0 bridgehead atoms. The first kappa shape index (κ1) is 14.2. The van der Waals surface area contributed by atoms with E-state index in [9.17, 15) is 4.79 Å². The molecule has 4 heteroatoms. The molecule has 1 aromatic heterocycles. The van der Waals surface area contributed by atoms with E-state index in [0.717, 1.165) is 23.9 Å². The van der Waals surface area contributed by atoms with Crippen LogP contribution in [0.1, 0.15) is 42.7 Å². The summed E-state index contributed by atoms with van der Waals surface area (Å²) in [6.45, 7) is 6.07. The summed E-state index contributed by atoms with van der Waals surface area (Å²) in [7, 11) is 0. The molecule has 0 aliphatic heterocycles. The summed E-state index contributed by atoms with van der Waals surface area (Å²) in [5, 5.41) is 3.85. The van der Waals surface area contributed by atoms with E-state index in [1.807, 2.05) is 19.1 Å². The Balaban J connectivity index is 2.81. The average Bonchev–Trinajstić information content (AvgIpc) is 2.37. The summed E-state index contributed by atoms with van der Waals surface area (Å²) < 4.78 is 0. The Morgan fingerprint density at radius 2 is 2.06 bits per heavy atom. The molecule has 0 atom stereocenters. The summed E-state index contributed by atoms with van der Waals surface area (Å²) in [5.74, 6) is -0.0550. The number of amides is 1. The van der Waals surface area contributed by atoms with Crippen molar-refractivity contribution in [1.29, 1.82) is 0 Å². The Bertz CT molecular complexity index is 363. The van der Waals surface area contributed by atoms with Gasteiger partial charge in [-0.2, -0.15) is 0 Å². The number of aryl methyl sites for hydroxylation is 1. The topological polar surface area (TPSA) is 42.0 Å². The lowest BCUT2D eigenvalue weighted by Crippen LogP contribution is -2.49. The van der Waals surface area contributed by atoms with Crippen LogP contribution in [0.3, 0.4) is 0 Å². The van der Waals surface area contributed by atoms with Gasteiger partial charge in [0.15, 0.2) is 0 Å². The van der Waals surface area contributed by atoms with Crippen LogP contribution in [0.5, 0.6) is 0 Å². The van der Waals surface area contributed by atoms with E-state index in [2.05, 4.69) is 40.1 Å². The van der Waals surface area contributed by atoms with Gasteiger partial charge in [-0.15, -0.1) is 0 Å². The first-order valence-electron chi connectivity index (χ1n) is 5.88. The molecule has 0 fully saturated rings. The maximum Gasteiger partial charge on any atom is 0.253 e. The predicted molar refractivity (Wildman–Crippen MR) is 73.5 cm³/mol. The molecule has 17 heavy (non-hydrogen) atoms. The van der Waals surface area contributed by atoms with Crippen molar-refractivity contribution in [2.75, 3.05) is 5.33 Å². The zero-order valence-corrected chi connectivity index (χ0v) is 12.2. The van der Waals surface area contributed by atoms with Crippen molar-refractivity contribution < 1.29 is 4.79 Å². The smallest absolute Gasteiger partial charge is 0.253 e. The highest BCUT2D eigenvalue weighted by Gasteiger charge is 2.27. The summed E-state index contributed by atoms with van der Waals surface area (Å²) in [6, 6.07) is 3.66.